The number of carbonyl (C=O) groups excluding carboxylic acids is 1. The first-order chi connectivity index (χ1) is 13.0. The zero-order chi connectivity index (χ0) is 19.2. The van der Waals surface area contributed by atoms with Gasteiger partial charge in [-0.25, -0.2) is 4.98 Å². The number of carbonyl (C=O) groups is 1. The summed E-state index contributed by atoms with van der Waals surface area (Å²) in [5.41, 5.74) is 5.38. The summed E-state index contributed by atoms with van der Waals surface area (Å²) in [6, 6.07) is 16.3. The zero-order valence-corrected chi connectivity index (χ0v) is 16.7. The first-order valence-corrected chi connectivity index (χ1v) is 10.1. The Balaban J connectivity index is 1.48. The molecule has 1 N–H and O–H groups in total. The molecule has 5 heteroatoms. The number of amides is 1. The van der Waals surface area contributed by atoms with Gasteiger partial charge in [-0.1, -0.05) is 47.5 Å². The topological polar surface area (TPSA) is 55.1 Å². The van der Waals surface area contributed by atoms with E-state index in [1.807, 2.05) is 43.3 Å². The molecule has 0 saturated carbocycles. The number of rotatable bonds is 7. The Labute approximate surface area is 164 Å². The van der Waals surface area contributed by atoms with E-state index in [0.717, 1.165) is 22.6 Å². The van der Waals surface area contributed by atoms with Gasteiger partial charge in [0.25, 0.3) is 0 Å². The second-order valence-corrected chi connectivity index (χ2v) is 7.63. The van der Waals surface area contributed by atoms with Crippen molar-refractivity contribution < 1.29 is 9.21 Å². The number of aromatic nitrogens is 1. The molecule has 3 rings (SSSR count). The maximum Gasteiger partial charge on any atom is 0.230 e. The summed E-state index contributed by atoms with van der Waals surface area (Å²) in [5.74, 6) is 2.52. The van der Waals surface area contributed by atoms with Crippen molar-refractivity contribution in [3.63, 3.8) is 0 Å². The predicted octanol–water partition coefficient (Wildman–Crippen LogP) is 4.82. The van der Waals surface area contributed by atoms with Crippen LogP contribution in [0, 0.1) is 20.8 Å². The fourth-order valence-electron chi connectivity index (χ4n) is 2.58. The van der Waals surface area contributed by atoms with Crippen molar-refractivity contribution in [1.29, 1.82) is 0 Å². The maximum absolute atomic E-state index is 12.0. The molecule has 3 aromatic rings. The number of hydrogen-bond donors (Lipinski definition) is 1. The van der Waals surface area contributed by atoms with Crippen LogP contribution >= 0.6 is 11.8 Å². The number of nitrogens with one attached hydrogen (secondary N) is 1. The van der Waals surface area contributed by atoms with Crippen LogP contribution in [-0.4, -0.2) is 16.6 Å². The first-order valence-electron chi connectivity index (χ1n) is 8.94. The lowest BCUT2D eigenvalue weighted by molar-refractivity contribution is -0.118. The molecule has 1 amide bonds. The highest BCUT2D eigenvalue weighted by molar-refractivity contribution is 7.99. The van der Waals surface area contributed by atoms with E-state index in [1.165, 1.54) is 11.1 Å². The van der Waals surface area contributed by atoms with Crippen molar-refractivity contribution in [1.82, 2.24) is 10.3 Å². The van der Waals surface area contributed by atoms with E-state index in [-0.39, 0.29) is 5.91 Å². The fraction of sp³-hybridized carbons (Fsp3) is 0.273. The number of nitrogens with zero attached hydrogens (tertiary/aromatic N) is 1. The molecule has 0 aliphatic rings. The minimum Gasteiger partial charge on any atom is -0.441 e. The molecule has 27 heavy (non-hydrogen) atoms. The molecule has 1 aromatic heterocycles. The van der Waals surface area contributed by atoms with E-state index in [4.69, 9.17) is 4.42 Å². The van der Waals surface area contributed by atoms with Gasteiger partial charge in [0.1, 0.15) is 5.76 Å². The standard InChI is InChI=1S/C22H24N2O2S/c1-15-4-8-18(9-5-15)12-23-21(25)14-27-13-20-17(3)26-22(24-20)19-10-6-16(2)7-11-19/h4-11H,12-14H2,1-3H3,(H,23,25). The third-order valence-electron chi connectivity index (χ3n) is 4.27. The second-order valence-electron chi connectivity index (χ2n) is 6.64. The highest BCUT2D eigenvalue weighted by Gasteiger charge is 2.12. The summed E-state index contributed by atoms with van der Waals surface area (Å²) in [7, 11) is 0. The lowest BCUT2D eigenvalue weighted by Crippen LogP contribution is -2.24. The molecule has 0 spiro atoms. The summed E-state index contributed by atoms with van der Waals surface area (Å²) in [4.78, 5) is 16.6. The Hall–Kier alpha value is -2.53. The fourth-order valence-corrected chi connectivity index (χ4v) is 3.43. The van der Waals surface area contributed by atoms with E-state index in [1.54, 1.807) is 11.8 Å². The Morgan fingerprint density at radius 1 is 1.00 bits per heavy atom. The monoisotopic (exact) mass is 380 g/mol. The summed E-state index contributed by atoms with van der Waals surface area (Å²) in [6.45, 7) is 6.57. The van der Waals surface area contributed by atoms with Crippen molar-refractivity contribution in [2.45, 2.75) is 33.1 Å². The van der Waals surface area contributed by atoms with Gasteiger partial charge >= 0.3 is 0 Å². The molecule has 0 radical (unpaired) electrons. The smallest absolute Gasteiger partial charge is 0.230 e. The molecule has 0 aliphatic carbocycles. The van der Waals surface area contributed by atoms with Crippen LogP contribution in [0.15, 0.2) is 52.9 Å². The SMILES string of the molecule is Cc1ccc(CNC(=O)CSCc2nc(-c3ccc(C)cc3)oc2C)cc1. The van der Waals surface area contributed by atoms with E-state index < -0.39 is 0 Å². The molecular formula is C22H24N2O2S. The molecule has 0 aliphatic heterocycles. The lowest BCUT2D eigenvalue weighted by Gasteiger charge is -2.05. The van der Waals surface area contributed by atoms with Gasteiger partial charge in [0.2, 0.25) is 11.8 Å². The van der Waals surface area contributed by atoms with Gasteiger partial charge in [0.05, 0.1) is 11.4 Å². The minimum atomic E-state index is 0.0282. The molecule has 0 atom stereocenters. The van der Waals surface area contributed by atoms with Gasteiger partial charge in [-0.15, -0.1) is 11.8 Å². The third kappa shape index (κ3) is 5.47. The van der Waals surface area contributed by atoms with Crippen LogP contribution in [-0.2, 0) is 17.1 Å². The van der Waals surface area contributed by atoms with Crippen LogP contribution in [0.3, 0.4) is 0 Å². The van der Waals surface area contributed by atoms with E-state index in [0.29, 0.717) is 23.9 Å². The van der Waals surface area contributed by atoms with Crippen molar-refractivity contribution >= 4 is 17.7 Å². The van der Waals surface area contributed by atoms with E-state index in [2.05, 4.69) is 36.3 Å². The average Bonchev–Trinajstić information content (AvgIpc) is 3.02. The molecule has 140 valence electrons. The number of aryl methyl sites for hydroxylation is 3. The predicted molar refractivity (Wildman–Crippen MR) is 111 cm³/mol. The van der Waals surface area contributed by atoms with Gasteiger partial charge in [-0.05, 0) is 38.5 Å². The highest BCUT2D eigenvalue weighted by Crippen LogP contribution is 2.24. The Kier molecular flexibility index (Phi) is 6.35. The van der Waals surface area contributed by atoms with Crippen LogP contribution in [0.2, 0.25) is 0 Å². The summed E-state index contributed by atoms with van der Waals surface area (Å²) in [6.07, 6.45) is 0. The Bertz CT molecular complexity index is 899. The van der Waals surface area contributed by atoms with Gasteiger partial charge in [0.15, 0.2) is 0 Å². The number of hydrogen-bond acceptors (Lipinski definition) is 4. The summed E-state index contributed by atoms with van der Waals surface area (Å²) < 4.78 is 5.79. The van der Waals surface area contributed by atoms with Crippen LogP contribution in [0.4, 0.5) is 0 Å². The normalized spacial score (nSPS) is 10.8. The van der Waals surface area contributed by atoms with Crippen LogP contribution in [0.25, 0.3) is 11.5 Å². The Morgan fingerprint density at radius 2 is 1.63 bits per heavy atom. The summed E-state index contributed by atoms with van der Waals surface area (Å²) >= 11 is 1.54. The molecule has 0 unspecified atom stereocenters. The molecule has 0 saturated heterocycles. The zero-order valence-electron chi connectivity index (χ0n) is 15.9. The Morgan fingerprint density at radius 3 is 2.30 bits per heavy atom. The van der Waals surface area contributed by atoms with Gasteiger partial charge in [-0.2, -0.15) is 0 Å². The number of benzene rings is 2. The number of thioether (sulfide) groups is 1. The van der Waals surface area contributed by atoms with Crippen LogP contribution in [0.5, 0.6) is 0 Å². The summed E-state index contributed by atoms with van der Waals surface area (Å²) in [5, 5.41) is 2.95. The molecule has 0 bridgehead atoms. The molecule has 4 nitrogen and oxygen atoms in total. The van der Waals surface area contributed by atoms with E-state index in [9.17, 15) is 4.79 Å². The van der Waals surface area contributed by atoms with Crippen molar-refractivity contribution in [2.24, 2.45) is 0 Å². The maximum atomic E-state index is 12.0. The largest absolute Gasteiger partial charge is 0.441 e. The second kappa shape index (κ2) is 8.91. The molecule has 0 fully saturated rings. The van der Waals surface area contributed by atoms with Gasteiger partial charge in [0, 0.05) is 17.9 Å². The van der Waals surface area contributed by atoms with Crippen molar-refractivity contribution in [3.8, 4) is 11.5 Å². The minimum absolute atomic E-state index is 0.0282. The number of oxazole rings is 1. The molecular weight excluding hydrogens is 356 g/mol. The molecule has 2 aromatic carbocycles. The molecule has 1 heterocycles. The average molecular weight is 381 g/mol. The van der Waals surface area contributed by atoms with E-state index >= 15 is 0 Å². The van der Waals surface area contributed by atoms with Crippen LogP contribution in [0.1, 0.15) is 28.1 Å². The van der Waals surface area contributed by atoms with Crippen LogP contribution < -0.4 is 5.32 Å². The van der Waals surface area contributed by atoms with Gasteiger partial charge in [-0.3, -0.25) is 4.79 Å². The lowest BCUT2D eigenvalue weighted by atomic mass is 10.1. The van der Waals surface area contributed by atoms with Crippen molar-refractivity contribution in [2.75, 3.05) is 5.75 Å². The first kappa shape index (κ1) is 19.2. The van der Waals surface area contributed by atoms with Crippen molar-refractivity contribution in [3.05, 3.63) is 76.7 Å². The van der Waals surface area contributed by atoms with Gasteiger partial charge < -0.3 is 9.73 Å². The third-order valence-corrected chi connectivity index (χ3v) is 5.22. The highest BCUT2D eigenvalue weighted by atomic mass is 32.2. The quantitative estimate of drug-likeness (QED) is 0.639.